The Balaban J connectivity index is 2.28. The molecule has 0 aliphatic carbocycles. The molecule has 0 saturated heterocycles. The molecule has 5 heteroatoms. The van der Waals surface area contributed by atoms with Crippen molar-refractivity contribution in [3.05, 3.63) is 59.9 Å². The van der Waals surface area contributed by atoms with E-state index in [0.29, 0.717) is 0 Å². The van der Waals surface area contributed by atoms with Crippen LogP contribution >= 0.6 is 0 Å². The zero-order valence-corrected chi connectivity index (χ0v) is 13.3. The highest BCUT2D eigenvalue weighted by atomic mass is 32.2. The predicted molar refractivity (Wildman–Crippen MR) is 83.4 cm³/mol. The second-order valence-corrected chi connectivity index (χ2v) is 7.15. The molecule has 1 N–H and O–H groups in total. The van der Waals surface area contributed by atoms with Crippen LogP contribution in [0, 0.1) is 0 Å². The molecule has 1 aromatic heterocycles. The van der Waals surface area contributed by atoms with Crippen molar-refractivity contribution in [2.75, 3.05) is 0 Å². The van der Waals surface area contributed by atoms with Crippen LogP contribution in [-0.4, -0.2) is 13.4 Å². The van der Waals surface area contributed by atoms with E-state index in [1.807, 2.05) is 39.0 Å². The molecular formula is C16H20N2O2S. The Labute approximate surface area is 126 Å². The minimum absolute atomic E-state index is 0.275. The van der Waals surface area contributed by atoms with E-state index >= 15 is 0 Å². The van der Waals surface area contributed by atoms with Crippen LogP contribution in [0.3, 0.4) is 0 Å². The van der Waals surface area contributed by atoms with E-state index in [0.717, 1.165) is 17.5 Å². The monoisotopic (exact) mass is 304 g/mol. The lowest BCUT2D eigenvalue weighted by molar-refractivity contribution is 0.470. The van der Waals surface area contributed by atoms with Crippen molar-refractivity contribution >= 4 is 10.0 Å². The van der Waals surface area contributed by atoms with Gasteiger partial charge in [0.05, 0.1) is 10.4 Å². The van der Waals surface area contributed by atoms with Crippen molar-refractivity contribution in [1.82, 2.24) is 9.71 Å². The van der Waals surface area contributed by atoms with E-state index in [-0.39, 0.29) is 4.90 Å². The van der Waals surface area contributed by atoms with Crippen LogP contribution < -0.4 is 4.72 Å². The zero-order valence-electron chi connectivity index (χ0n) is 12.5. The summed E-state index contributed by atoms with van der Waals surface area (Å²) >= 11 is 0. The van der Waals surface area contributed by atoms with Crippen molar-refractivity contribution in [2.45, 2.75) is 37.6 Å². The first kappa shape index (κ1) is 15.7. The van der Waals surface area contributed by atoms with Gasteiger partial charge in [-0.3, -0.25) is 4.98 Å². The molecule has 0 spiro atoms. The van der Waals surface area contributed by atoms with E-state index in [9.17, 15) is 8.42 Å². The fraction of sp³-hybridized carbons (Fsp3) is 0.312. The van der Waals surface area contributed by atoms with Crippen LogP contribution in [0.4, 0.5) is 0 Å². The smallest absolute Gasteiger partial charge is 0.241 e. The first-order valence-corrected chi connectivity index (χ1v) is 8.37. The Morgan fingerprint density at radius 2 is 1.81 bits per heavy atom. The highest BCUT2D eigenvalue weighted by Gasteiger charge is 2.28. The van der Waals surface area contributed by atoms with Crippen LogP contribution in [0.25, 0.3) is 0 Å². The van der Waals surface area contributed by atoms with Gasteiger partial charge >= 0.3 is 0 Å². The quantitative estimate of drug-likeness (QED) is 0.924. The Hall–Kier alpha value is -1.72. The maximum atomic E-state index is 12.5. The third-order valence-corrected chi connectivity index (χ3v) is 5.09. The Morgan fingerprint density at radius 3 is 2.33 bits per heavy atom. The van der Waals surface area contributed by atoms with Crippen molar-refractivity contribution in [2.24, 2.45) is 0 Å². The van der Waals surface area contributed by atoms with Gasteiger partial charge in [-0.05, 0) is 49.6 Å². The number of sulfonamides is 1. The number of hydrogen-bond donors (Lipinski definition) is 1. The summed E-state index contributed by atoms with van der Waals surface area (Å²) in [6, 6.07) is 10.6. The molecule has 0 fully saturated rings. The average Bonchev–Trinajstić information content (AvgIpc) is 2.47. The van der Waals surface area contributed by atoms with Gasteiger partial charge < -0.3 is 0 Å². The third kappa shape index (κ3) is 3.68. The number of aryl methyl sites for hydroxylation is 1. The maximum Gasteiger partial charge on any atom is 0.241 e. The molecule has 1 heterocycles. The number of aromatic nitrogens is 1. The fourth-order valence-corrected chi connectivity index (χ4v) is 3.49. The molecule has 0 radical (unpaired) electrons. The van der Waals surface area contributed by atoms with Gasteiger partial charge in [-0.25, -0.2) is 13.1 Å². The Bertz CT molecular complexity index is 693. The average molecular weight is 304 g/mol. The van der Waals surface area contributed by atoms with Gasteiger partial charge in [0.25, 0.3) is 0 Å². The van der Waals surface area contributed by atoms with Gasteiger partial charge in [0.2, 0.25) is 10.0 Å². The minimum atomic E-state index is -3.57. The molecule has 112 valence electrons. The molecule has 0 amide bonds. The topological polar surface area (TPSA) is 59.1 Å². The van der Waals surface area contributed by atoms with E-state index < -0.39 is 15.6 Å². The standard InChI is InChI=1S/C16H20N2O2S/c1-4-13-7-9-15(10-8-13)21(19,20)18-16(2,3)14-6-5-11-17-12-14/h5-12,18H,4H2,1-3H3. The fourth-order valence-electron chi connectivity index (χ4n) is 2.09. The number of pyridine rings is 1. The van der Waals surface area contributed by atoms with Crippen LogP contribution in [0.15, 0.2) is 53.7 Å². The summed E-state index contributed by atoms with van der Waals surface area (Å²) in [4.78, 5) is 4.32. The highest BCUT2D eigenvalue weighted by Crippen LogP contribution is 2.22. The van der Waals surface area contributed by atoms with Crippen LogP contribution in [0.1, 0.15) is 31.9 Å². The van der Waals surface area contributed by atoms with Crippen molar-refractivity contribution in [3.63, 3.8) is 0 Å². The van der Waals surface area contributed by atoms with Crippen molar-refractivity contribution in [3.8, 4) is 0 Å². The molecule has 0 aliphatic heterocycles. The summed E-state index contributed by atoms with van der Waals surface area (Å²) in [6.45, 7) is 5.68. The van der Waals surface area contributed by atoms with E-state index in [1.165, 1.54) is 0 Å². The zero-order chi connectivity index (χ0) is 15.5. The molecular weight excluding hydrogens is 284 g/mol. The second kappa shape index (κ2) is 5.95. The van der Waals surface area contributed by atoms with E-state index in [4.69, 9.17) is 0 Å². The summed E-state index contributed by atoms with van der Waals surface area (Å²) in [7, 11) is -3.57. The molecule has 0 unspecified atom stereocenters. The number of benzene rings is 1. The molecule has 1 aromatic carbocycles. The molecule has 4 nitrogen and oxygen atoms in total. The lowest BCUT2D eigenvalue weighted by atomic mass is 9.98. The molecule has 0 atom stereocenters. The lowest BCUT2D eigenvalue weighted by Gasteiger charge is -2.26. The summed E-state index contributed by atoms with van der Waals surface area (Å²) in [5.74, 6) is 0. The molecule has 21 heavy (non-hydrogen) atoms. The van der Waals surface area contributed by atoms with Gasteiger partial charge in [0.1, 0.15) is 0 Å². The largest absolute Gasteiger partial charge is 0.264 e. The molecule has 2 rings (SSSR count). The Kier molecular flexibility index (Phi) is 4.44. The minimum Gasteiger partial charge on any atom is -0.264 e. The summed E-state index contributed by atoms with van der Waals surface area (Å²) in [5, 5.41) is 0. The van der Waals surface area contributed by atoms with Crippen molar-refractivity contribution < 1.29 is 8.42 Å². The van der Waals surface area contributed by atoms with Gasteiger partial charge in [-0.1, -0.05) is 25.1 Å². The SMILES string of the molecule is CCc1ccc(S(=O)(=O)NC(C)(C)c2cccnc2)cc1. The third-order valence-electron chi connectivity index (χ3n) is 3.41. The predicted octanol–water partition coefficient (Wildman–Crippen LogP) is 2.86. The van der Waals surface area contributed by atoms with Gasteiger partial charge in [-0.15, -0.1) is 0 Å². The molecule has 0 aliphatic rings. The van der Waals surface area contributed by atoms with Crippen LogP contribution in [0.5, 0.6) is 0 Å². The number of nitrogens with one attached hydrogen (secondary N) is 1. The Morgan fingerprint density at radius 1 is 1.14 bits per heavy atom. The number of hydrogen-bond acceptors (Lipinski definition) is 3. The first-order valence-electron chi connectivity index (χ1n) is 6.88. The molecule has 0 bridgehead atoms. The first-order chi connectivity index (χ1) is 9.85. The van der Waals surface area contributed by atoms with E-state index in [1.54, 1.807) is 30.6 Å². The van der Waals surface area contributed by atoms with Gasteiger partial charge in [0.15, 0.2) is 0 Å². The number of rotatable bonds is 5. The molecule has 0 saturated carbocycles. The maximum absolute atomic E-state index is 12.5. The lowest BCUT2D eigenvalue weighted by Crippen LogP contribution is -2.40. The van der Waals surface area contributed by atoms with Gasteiger partial charge in [0, 0.05) is 12.4 Å². The van der Waals surface area contributed by atoms with Gasteiger partial charge in [-0.2, -0.15) is 0 Å². The van der Waals surface area contributed by atoms with E-state index in [2.05, 4.69) is 9.71 Å². The normalized spacial score (nSPS) is 12.3. The summed E-state index contributed by atoms with van der Waals surface area (Å²) < 4.78 is 27.7. The van der Waals surface area contributed by atoms with Crippen LogP contribution in [0.2, 0.25) is 0 Å². The highest BCUT2D eigenvalue weighted by molar-refractivity contribution is 7.89. The molecule has 2 aromatic rings. The summed E-state index contributed by atoms with van der Waals surface area (Å²) in [5.41, 5.74) is 1.20. The summed E-state index contributed by atoms with van der Waals surface area (Å²) in [6.07, 6.45) is 4.22. The van der Waals surface area contributed by atoms with Crippen molar-refractivity contribution in [1.29, 1.82) is 0 Å². The second-order valence-electron chi connectivity index (χ2n) is 5.47. The van der Waals surface area contributed by atoms with Crippen LogP contribution in [-0.2, 0) is 22.0 Å². The number of nitrogens with zero attached hydrogens (tertiary/aromatic N) is 1.